The van der Waals surface area contributed by atoms with Gasteiger partial charge >= 0.3 is 5.97 Å². The number of carboxylic acid groups (broad SMARTS) is 1. The highest BCUT2D eigenvalue weighted by atomic mass is 32.2. The molecule has 0 radical (unpaired) electrons. The molecular formula is C26H42N4O7S. The van der Waals surface area contributed by atoms with Gasteiger partial charge in [0.2, 0.25) is 22.7 Å². The van der Waals surface area contributed by atoms with Crippen LogP contribution in [0.5, 0.6) is 11.5 Å². The van der Waals surface area contributed by atoms with Crippen LogP contribution in [-0.2, 0) is 19.6 Å². The van der Waals surface area contributed by atoms with E-state index in [0.717, 1.165) is 37.6 Å². The van der Waals surface area contributed by atoms with E-state index in [0.29, 0.717) is 31.1 Å². The van der Waals surface area contributed by atoms with E-state index >= 15 is 0 Å². The van der Waals surface area contributed by atoms with Crippen molar-refractivity contribution in [2.45, 2.75) is 44.6 Å². The van der Waals surface area contributed by atoms with Gasteiger partial charge in [-0.3, -0.25) is 14.5 Å². The Balaban J connectivity index is 1.83. The SMILES string of the molecule is CCCCN(CCCN(C)C)C(=O)CN1C[C@H](c2ccc3c(c2)OCO3)[C@@H](C(=O)O)[C@@H]1CCNS(C)(=O)=O. The summed E-state index contributed by atoms with van der Waals surface area (Å²) in [5.41, 5.74) is 0.798. The molecule has 3 rings (SSSR count). The fraction of sp³-hybridized carbons (Fsp3) is 0.692. The monoisotopic (exact) mass is 554 g/mol. The number of rotatable bonds is 15. The van der Waals surface area contributed by atoms with Crippen LogP contribution in [0.1, 0.15) is 44.1 Å². The molecule has 0 aliphatic carbocycles. The second-order valence-electron chi connectivity index (χ2n) is 10.4. The van der Waals surface area contributed by atoms with Gasteiger partial charge < -0.3 is 24.4 Å². The highest BCUT2D eigenvalue weighted by molar-refractivity contribution is 7.88. The maximum Gasteiger partial charge on any atom is 0.308 e. The normalized spacial score (nSPS) is 21.2. The lowest BCUT2D eigenvalue weighted by Crippen LogP contribution is -2.46. The highest BCUT2D eigenvalue weighted by Crippen LogP contribution is 2.42. The Morgan fingerprint density at radius 3 is 2.50 bits per heavy atom. The van der Waals surface area contributed by atoms with Crippen molar-refractivity contribution >= 4 is 21.9 Å². The number of benzene rings is 1. The van der Waals surface area contributed by atoms with Crippen molar-refractivity contribution in [3.8, 4) is 11.5 Å². The van der Waals surface area contributed by atoms with E-state index in [1.165, 1.54) is 0 Å². The molecule has 0 unspecified atom stereocenters. The Labute approximate surface area is 226 Å². The first-order chi connectivity index (χ1) is 18.0. The molecule has 0 bridgehead atoms. The number of aliphatic carboxylic acids is 1. The van der Waals surface area contributed by atoms with E-state index in [2.05, 4.69) is 16.5 Å². The molecule has 214 valence electrons. The fourth-order valence-electron chi connectivity index (χ4n) is 5.29. The van der Waals surface area contributed by atoms with E-state index in [1.54, 1.807) is 6.07 Å². The number of fused-ring (bicyclic) bond motifs is 1. The van der Waals surface area contributed by atoms with Crippen LogP contribution in [0.2, 0.25) is 0 Å². The smallest absolute Gasteiger partial charge is 0.308 e. The summed E-state index contributed by atoms with van der Waals surface area (Å²) in [6.45, 7) is 4.91. The maximum atomic E-state index is 13.5. The van der Waals surface area contributed by atoms with Gasteiger partial charge in [0.25, 0.3) is 0 Å². The van der Waals surface area contributed by atoms with E-state index in [9.17, 15) is 23.1 Å². The van der Waals surface area contributed by atoms with Crippen LogP contribution < -0.4 is 14.2 Å². The quantitative estimate of drug-likeness (QED) is 0.331. The number of sulfonamides is 1. The predicted octanol–water partition coefficient (Wildman–Crippen LogP) is 1.40. The molecule has 3 atom stereocenters. The van der Waals surface area contributed by atoms with Gasteiger partial charge in [0.1, 0.15) is 0 Å². The molecule has 1 saturated heterocycles. The van der Waals surface area contributed by atoms with Crippen molar-refractivity contribution in [1.29, 1.82) is 0 Å². The molecule has 2 aliphatic rings. The number of ether oxygens (including phenoxy) is 2. The number of likely N-dealkylation sites (tertiary alicyclic amines) is 1. The molecule has 0 aromatic heterocycles. The van der Waals surface area contributed by atoms with Gasteiger partial charge in [-0.1, -0.05) is 19.4 Å². The Hall–Kier alpha value is -2.41. The van der Waals surface area contributed by atoms with Crippen molar-refractivity contribution in [1.82, 2.24) is 19.4 Å². The second kappa shape index (κ2) is 13.6. The van der Waals surface area contributed by atoms with E-state index in [1.807, 2.05) is 36.0 Å². The number of hydrogen-bond acceptors (Lipinski definition) is 8. The first-order valence-electron chi connectivity index (χ1n) is 13.2. The molecule has 2 aliphatic heterocycles. The van der Waals surface area contributed by atoms with E-state index in [-0.39, 0.29) is 32.2 Å². The molecule has 2 N–H and O–H groups in total. The minimum Gasteiger partial charge on any atom is -0.481 e. The van der Waals surface area contributed by atoms with Crippen molar-refractivity contribution in [3.63, 3.8) is 0 Å². The Morgan fingerprint density at radius 1 is 1.13 bits per heavy atom. The Morgan fingerprint density at radius 2 is 1.84 bits per heavy atom. The largest absolute Gasteiger partial charge is 0.481 e. The van der Waals surface area contributed by atoms with Crippen molar-refractivity contribution in [3.05, 3.63) is 23.8 Å². The molecule has 12 heteroatoms. The topological polar surface area (TPSA) is 129 Å². The van der Waals surface area contributed by atoms with Crippen LogP contribution in [0.25, 0.3) is 0 Å². The molecule has 2 heterocycles. The summed E-state index contributed by atoms with van der Waals surface area (Å²) in [7, 11) is 0.567. The zero-order chi connectivity index (χ0) is 27.9. The van der Waals surface area contributed by atoms with Gasteiger partial charge in [0.05, 0.1) is 18.7 Å². The van der Waals surface area contributed by atoms with Crippen LogP contribution in [0, 0.1) is 5.92 Å². The zero-order valence-corrected chi connectivity index (χ0v) is 23.7. The third-order valence-electron chi connectivity index (χ3n) is 7.17. The first kappa shape index (κ1) is 30.1. The molecular weight excluding hydrogens is 512 g/mol. The molecule has 1 amide bonds. The zero-order valence-electron chi connectivity index (χ0n) is 22.9. The number of amides is 1. The summed E-state index contributed by atoms with van der Waals surface area (Å²) >= 11 is 0. The lowest BCUT2D eigenvalue weighted by molar-refractivity contribution is -0.143. The molecule has 11 nitrogen and oxygen atoms in total. The van der Waals surface area contributed by atoms with Gasteiger partial charge in [0.15, 0.2) is 11.5 Å². The summed E-state index contributed by atoms with van der Waals surface area (Å²) in [5.74, 6) is -1.03. The fourth-order valence-corrected chi connectivity index (χ4v) is 5.78. The Bertz CT molecular complexity index is 1070. The van der Waals surface area contributed by atoms with E-state index in [4.69, 9.17) is 9.47 Å². The van der Waals surface area contributed by atoms with E-state index < -0.39 is 33.9 Å². The van der Waals surface area contributed by atoms with Crippen LogP contribution in [0.15, 0.2) is 18.2 Å². The summed E-state index contributed by atoms with van der Waals surface area (Å²) in [6.07, 6.45) is 4.06. The lowest BCUT2D eigenvalue weighted by atomic mass is 9.84. The number of nitrogens with zero attached hydrogens (tertiary/aromatic N) is 3. The third-order valence-corrected chi connectivity index (χ3v) is 7.90. The number of carboxylic acids is 1. The highest BCUT2D eigenvalue weighted by Gasteiger charge is 2.47. The molecule has 0 spiro atoms. The van der Waals surface area contributed by atoms with Gasteiger partial charge in [-0.15, -0.1) is 0 Å². The number of carbonyl (C=O) groups is 2. The Kier molecular flexibility index (Phi) is 10.8. The predicted molar refractivity (Wildman–Crippen MR) is 144 cm³/mol. The molecule has 1 aromatic rings. The average Bonchev–Trinajstić information content (AvgIpc) is 3.44. The van der Waals surface area contributed by atoms with Crippen LogP contribution in [-0.4, -0.2) is 113 Å². The minimum atomic E-state index is -3.43. The average molecular weight is 555 g/mol. The summed E-state index contributed by atoms with van der Waals surface area (Å²) < 4.78 is 36.8. The van der Waals surface area contributed by atoms with Crippen LogP contribution in [0.3, 0.4) is 0 Å². The maximum absolute atomic E-state index is 13.5. The number of nitrogens with one attached hydrogen (secondary N) is 1. The molecule has 1 fully saturated rings. The van der Waals surface area contributed by atoms with Gasteiger partial charge in [0, 0.05) is 38.1 Å². The van der Waals surface area contributed by atoms with Crippen molar-refractivity contribution in [2.24, 2.45) is 5.92 Å². The summed E-state index contributed by atoms with van der Waals surface area (Å²) in [4.78, 5) is 32.0. The number of carbonyl (C=O) groups excluding carboxylic acids is 1. The van der Waals surface area contributed by atoms with Crippen LogP contribution in [0.4, 0.5) is 0 Å². The van der Waals surface area contributed by atoms with Crippen molar-refractivity contribution in [2.75, 3.05) is 66.4 Å². The number of hydrogen-bond donors (Lipinski definition) is 2. The van der Waals surface area contributed by atoms with Gasteiger partial charge in [-0.05, 0) is 57.6 Å². The summed E-state index contributed by atoms with van der Waals surface area (Å²) in [6, 6.07) is 4.92. The second-order valence-corrected chi connectivity index (χ2v) is 12.3. The first-order valence-corrected chi connectivity index (χ1v) is 15.1. The minimum absolute atomic E-state index is 0.0336. The molecule has 38 heavy (non-hydrogen) atoms. The third kappa shape index (κ3) is 8.29. The van der Waals surface area contributed by atoms with Gasteiger partial charge in [-0.25, -0.2) is 13.1 Å². The van der Waals surface area contributed by atoms with Gasteiger partial charge in [-0.2, -0.15) is 0 Å². The summed E-state index contributed by atoms with van der Waals surface area (Å²) in [5, 5.41) is 10.3. The standard InChI is InChI=1S/C26H42N4O7S/c1-5-6-13-29(14-7-12-28(2)3)24(31)17-30-16-20(19-8-9-22-23(15-19)37-18-36-22)25(26(32)33)21(30)10-11-27-38(4,34)35/h8-9,15,20-21,25,27H,5-7,10-14,16-18H2,1-4H3,(H,32,33)/t20-,21+,25-/m1/s1. The molecule has 1 aromatic carbocycles. The lowest BCUT2D eigenvalue weighted by Gasteiger charge is -2.30. The van der Waals surface area contributed by atoms with Crippen LogP contribution >= 0.6 is 0 Å². The molecule has 0 saturated carbocycles. The van der Waals surface area contributed by atoms with Crippen molar-refractivity contribution < 1.29 is 32.6 Å². The number of unbranched alkanes of at least 4 members (excludes halogenated alkanes) is 1.